The number of rotatable bonds is 5. The summed E-state index contributed by atoms with van der Waals surface area (Å²) in [7, 11) is 0. The lowest BCUT2D eigenvalue weighted by Crippen LogP contribution is -2.32. The summed E-state index contributed by atoms with van der Waals surface area (Å²) in [6, 6.07) is 4.11. The van der Waals surface area contributed by atoms with Crippen LogP contribution in [-0.4, -0.2) is 17.7 Å². The van der Waals surface area contributed by atoms with Crippen molar-refractivity contribution in [2.45, 2.75) is 52.0 Å². The van der Waals surface area contributed by atoms with Gasteiger partial charge in [0.05, 0.1) is 5.69 Å². The molecule has 0 unspecified atom stereocenters. The van der Waals surface area contributed by atoms with Gasteiger partial charge in [-0.15, -0.1) is 0 Å². The van der Waals surface area contributed by atoms with E-state index in [4.69, 9.17) is 5.73 Å². The Morgan fingerprint density at radius 2 is 2.00 bits per heavy atom. The number of aromatic nitrogens is 1. The third-order valence-corrected chi connectivity index (χ3v) is 3.85. The second kappa shape index (κ2) is 6.51. The molecule has 1 aromatic rings. The molecule has 2 rings (SSSR count). The Kier molecular flexibility index (Phi) is 4.73. The Hall–Kier alpha value is -1.63. The Bertz CT molecular complexity index is 449. The topological polar surface area (TPSA) is 58.0 Å². The van der Waals surface area contributed by atoms with Gasteiger partial charge in [-0.2, -0.15) is 5.26 Å². The average molecular weight is 260 g/mol. The minimum atomic E-state index is 0.703. The molecule has 1 aliphatic heterocycles. The lowest BCUT2D eigenvalue weighted by atomic mass is 10.1. The molecule has 1 saturated heterocycles. The molecule has 0 amide bonds. The number of nitriles is 1. The molecule has 4 heteroatoms. The van der Waals surface area contributed by atoms with Gasteiger partial charge in [-0.05, 0) is 31.7 Å². The summed E-state index contributed by atoms with van der Waals surface area (Å²) < 4.78 is 2.12. The molecule has 1 aliphatic rings. The van der Waals surface area contributed by atoms with E-state index in [-0.39, 0.29) is 0 Å². The van der Waals surface area contributed by atoms with Crippen LogP contribution in [0.5, 0.6) is 0 Å². The van der Waals surface area contributed by atoms with E-state index >= 15 is 0 Å². The first-order valence-corrected chi connectivity index (χ1v) is 7.42. The van der Waals surface area contributed by atoms with Crippen molar-refractivity contribution in [3.05, 3.63) is 11.8 Å². The van der Waals surface area contributed by atoms with Crippen LogP contribution in [0.3, 0.4) is 0 Å². The zero-order chi connectivity index (χ0) is 13.7. The second-order valence-electron chi connectivity index (χ2n) is 5.33. The van der Waals surface area contributed by atoms with E-state index in [1.165, 1.54) is 32.1 Å². The van der Waals surface area contributed by atoms with Crippen molar-refractivity contribution in [3.8, 4) is 6.07 Å². The number of unbranched alkanes of at least 4 members (excludes halogenated alkanes) is 2. The molecule has 0 radical (unpaired) electrons. The van der Waals surface area contributed by atoms with Crippen LogP contribution in [0.15, 0.2) is 6.07 Å². The maximum Gasteiger partial charge on any atom is 0.133 e. The van der Waals surface area contributed by atoms with E-state index in [2.05, 4.69) is 22.5 Å². The van der Waals surface area contributed by atoms with Gasteiger partial charge in [-0.1, -0.05) is 19.8 Å². The molecule has 0 bridgehead atoms. The van der Waals surface area contributed by atoms with Gasteiger partial charge in [0, 0.05) is 19.6 Å². The van der Waals surface area contributed by atoms with Crippen LogP contribution in [0.2, 0.25) is 0 Å². The van der Waals surface area contributed by atoms with E-state index in [9.17, 15) is 5.26 Å². The fraction of sp³-hybridized carbons (Fsp3) is 0.667. The van der Waals surface area contributed by atoms with Crippen molar-refractivity contribution in [3.63, 3.8) is 0 Å². The van der Waals surface area contributed by atoms with E-state index in [1.807, 2.05) is 6.07 Å². The highest BCUT2D eigenvalue weighted by Gasteiger charge is 2.20. The van der Waals surface area contributed by atoms with Gasteiger partial charge < -0.3 is 15.2 Å². The third kappa shape index (κ3) is 3.04. The molecule has 1 fully saturated rings. The minimum Gasteiger partial charge on any atom is -0.396 e. The molecule has 4 nitrogen and oxygen atoms in total. The largest absolute Gasteiger partial charge is 0.396 e. The smallest absolute Gasteiger partial charge is 0.133 e. The Balaban J connectivity index is 2.24. The standard InChI is InChI=1S/C15H24N4/c1-2-3-5-10-19-13(12-16)11-14(17)15(19)18-8-6-4-7-9-18/h11H,2-10,17H2,1H3. The lowest BCUT2D eigenvalue weighted by Gasteiger charge is -2.30. The number of hydrogen-bond donors (Lipinski definition) is 1. The predicted octanol–water partition coefficient (Wildman–Crippen LogP) is 3.12. The van der Waals surface area contributed by atoms with Crippen LogP contribution in [0.25, 0.3) is 0 Å². The van der Waals surface area contributed by atoms with Crippen molar-refractivity contribution in [2.75, 3.05) is 23.7 Å². The van der Waals surface area contributed by atoms with Gasteiger partial charge >= 0.3 is 0 Å². The molecule has 2 heterocycles. The van der Waals surface area contributed by atoms with Gasteiger partial charge in [0.2, 0.25) is 0 Å². The van der Waals surface area contributed by atoms with Crippen molar-refractivity contribution in [2.24, 2.45) is 0 Å². The summed E-state index contributed by atoms with van der Waals surface area (Å²) in [6.45, 7) is 5.22. The zero-order valence-corrected chi connectivity index (χ0v) is 11.9. The molecule has 1 aromatic heterocycles. The van der Waals surface area contributed by atoms with Crippen LogP contribution in [-0.2, 0) is 6.54 Å². The van der Waals surface area contributed by atoms with Crippen molar-refractivity contribution < 1.29 is 0 Å². The monoisotopic (exact) mass is 260 g/mol. The molecule has 19 heavy (non-hydrogen) atoms. The van der Waals surface area contributed by atoms with E-state index in [0.717, 1.165) is 37.6 Å². The molecular formula is C15H24N4. The fourth-order valence-corrected chi connectivity index (χ4v) is 2.86. The molecular weight excluding hydrogens is 236 g/mol. The average Bonchev–Trinajstić information content (AvgIpc) is 2.76. The second-order valence-corrected chi connectivity index (χ2v) is 5.33. The number of anilines is 2. The van der Waals surface area contributed by atoms with Crippen LogP contribution in [0.4, 0.5) is 11.5 Å². The predicted molar refractivity (Wildman–Crippen MR) is 79.1 cm³/mol. The minimum absolute atomic E-state index is 0.703. The van der Waals surface area contributed by atoms with Crippen LogP contribution < -0.4 is 10.6 Å². The SMILES string of the molecule is CCCCCn1c(C#N)cc(N)c1N1CCCCC1. The highest BCUT2D eigenvalue weighted by Crippen LogP contribution is 2.30. The highest BCUT2D eigenvalue weighted by atomic mass is 15.3. The zero-order valence-electron chi connectivity index (χ0n) is 11.9. The fourth-order valence-electron chi connectivity index (χ4n) is 2.86. The van der Waals surface area contributed by atoms with E-state index < -0.39 is 0 Å². The molecule has 0 atom stereocenters. The van der Waals surface area contributed by atoms with Gasteiger partial charge in [0.25, 0.3) is 0 Å². The third-order valence-electron chi connectivity index (χ3n) is 3.85. The van der Waals surface area contributed by atoms with E-state index in [0.29, 0.717) is 5.69 Å². The van der Waals surface area contributed by atoms with Crippen LogP contribution in [0.1, 0.15) is 51.1 Å². The Morgan fingerprint density at radius 3 is 2.63 bits per heavy atom. The number of nitrogen functional groups attached to an aromatic ring is 1. The van der Waals surface area contributed by atoms with Crippen molar-refractivity contribution >= 4 is 11.5 Å². The first kappa shape index (κ1) is 13.8. The van der Waals surface area contributed by atoms with Crippen molar-refractivity contribution in [1.29, 1.82) is 5.26 Å². The number of nitrogens with zero attached hydrogens (tertiary/aromatic N) is 3. The molecule has 0 aliphatic carbocycles. The summed E-state index contributed by atoms with van der Waals surface area (Å²) in [5.74, 6) is 1.08. The maximum atomic E-state index is 9.27. The molecule has 0 saturated carbocycles. The molecule has 0 aromatic carbocycles. The van der Waals surface area contributed by atoms with E-state index in [1.54, 1.807) is 0 Å². The normalized spacial score (nSPS) is 15.5. The summed E-state index contributed by atoms with van der Waals surface area (Å²) in [4.78, 5) is 2.35. The summed E-state index contributed by atoms with van der Waals surface area (Å²) in [5, 5.41) is 9.27. The highest BCUT2D eigenvalue weighted by molar-refractivity contribution is 5.68. The van der Waals surface area contributed by atoms with Crippen LogP contribution >= 0.6 is 0 Å². The van der Waals surface area contributed by atoms with Gasteiger partial charge in [0.1, 0.15) is 17.6 Å². The summed E-state index contributed by atoms with van der Waals surface area (Å²) in [6.07, 6.45) is 7.25. The molecule has 104 valence electrons. The number of piperidine rings is 1. The van der Waals surface area contributed by atoms with Gasteiger partial charge in [-0.3, -0.25) is 0 Å². The molecule has 0 spiro atoms. The van der Waals surface area contributed by atoms with Crippen molar-refractivity contribution in [1.82, 2.24) is 4.57 Å². The lowest BCUT2D eigenvalue weighted by molar-refractivity contribution is 0.546. The quantitative estimate of drug-likeness (QED) is 0.827. The van der Waals surface area contributed by atoms with Gasteiger partial charge in [0.15, 0.2) is 0 Å². The van der Waals surface area contributed by atoms with Crippen LogP contribution in [0, 0.1) is 11.3 Å². The maximum absolute atomic E-state index is 9.27. The van der Waals surface area contributed by atoms with Gasteiger partial charge in [-0.25, -0.2) is 0 Å². The Morgan fingerprint density at radius 1 is 1.26 bits per heavy atom. The Labute approximate surface area is 115 Å². The first-order chi connectivity index (χ1) is 9.27. The number of hydrogen-bond acceptors (Lipinski definition) is 3. The summed E-state index contributed by atoms with van der Waals surface area (Å²) in [5.41, 5.74) is 7.60. The summed E-state index contributed by atoms with van der Waals surface area (Å²) >= 11 is 0. The molecule has 2 N–H and O–H groups in total. The number of nitrogens with two attached hydrogens (primary N) is 1. The first-order valence-electron chi connectivity index (χ1n) is 7.42.